The van der Waals surface area contributed by atoms with E-state index in [0.717, 1.165) is 44.0 Å². The van der Waals surface area contributed by atoms with E-state index in [4.69, 9.17) is 0 Å². The van der Waals surface area contributed by atoms with E-state index < -0.39 is 15.8 Å². The van der Waals surface area contributed by atoms with E-state index in [9.17, 15) is 12.8 Å². The molecule has 32 heavy (non-hydrogen) atoms. The quantitative estimate of drug-likeness (QED) is 0.459. The minimum atomic E-state index is -3.64. The number of aromatic nitrogens is 4. The monoisotopic (exact) mass is 458 g/mol. The van der Waals surface area contributed by atoms with Crippen LogP contribution >= 0.6 is 0 Å². The van der Waals surface area contributed by atoms with Gasteiger partial charge in [0, 0.05) is 31.7 Å². The summed E-state index contributed by atoms with van der Waals surface area (Å²) in [6, 6.07) is 15.0. The maximum absolute atomic E-state index is 13.4. The molecular formula is C22H27FN6O2S. The fourth-order valence-corrected chi connectivity index (χ4v) is 5.23. The molecule has 0 aliphatic carbocycles. The first-order valence-electron chi connectivity index (χ1n) is 10.8. The Balaban J connectivity index is 1.16. The highest BCUT2D eigenvalue weighted by Crippen LogP contribution is 2.19. The Morgan fingerprint density at radius 3 is 2.38 bits per heavy atom. The van der Waals surface area contributed by atoms with Crippen LogP contribution in [0.3, 0.4) is 0 Å². The Hall–Kier alpha value is -2.69. The number of halogens is 1. The molecule has 0 atom stereocenters. The minimum Gasteiger partial charge on any atom is -0.301 e. The highest BCUT2D eigenvalue weighted by molar-refractivity contribution is 7.89. The van der Waals surface area contributed by atoms with Crippen molar-refractivity contribution < 1.29 is 12.8 Å². The molecule has 2 heterocycles. The second-order valence-electron chi connectivity index (χ2n) is 7.84. The van der Waals surface area contributed by atoms with Gasteiger partial charge in [0.2, 0.25) is 15.8 Å². The normalized spacial score (nSPS) is 15.8. The lowest BCUT2D eigenvalue weighted by molar-refractivity contribution is 0.185. The van der Waals surface area contributed by atoms with Crippen LogP contribution in [-0.4, -0.2) is 70.6 Å². The summed E-state index contributed by atoms with van der Waals surface area (Å²) in [6.07, 6.45) is 3.01. The molecule has 0 saturated carbocycles. The number of aryl methyl sites for hydroxylation is 1. The lowest BCUT2D eigenvalue weighted by Gasteiger charge is -2.34. The summed E-state index contributed by atoms with van der Waals surface area (Å²) in [5, 5.41) is 12.7. The molecule has 1 saturated heterocycles. The zero-order chi connectivity index (χ0) is 22.4. The van der Waals surface area contributed by atoms with Crippen molar-refractivity contribution in [3.05, 3.63) is 60.4 Å². The SMILES string of the molecule is O=S(=O)(c1cccc(F)c1)N1CCN(CCCCCn2nnc(-c3ccccc3)n2)CC1. The van der Waals surface area contributed by atoms with Crippen molar-refractivity contribution in [3.63, 3.8) is 0 Å². The molecule has 0 unspecified atom stereocenters. The van der Waals surface area contributed by atoms with Gasteiger partial charge in [-0.1, -0.05) is 42.8 Å². The van der Waals surface area contributed by atoms with Gasteiger partial charge in [0.05, 0.1) is 11.4 Å². The predicted octanol–water partition coefficient (Wildman–Crippen LogP) is 2.66. The number of sulfonamides is 1. The molecule has 170 valence electrons. The molecule has 0 N–H and O–H groups in total. The van der Waals surface area contributed by atoms with E-state index in [2.05, 4.69) is 20.3 Å². The van der Waals surface area contributed by atoms with Crippen LogP contribution in [0.1, 0.15) is 19.3 Å². The largest absolute Gasteiger partial charge is 0.301 e. The number of unbranched alkanes of at least 4 members (excludes halogenated alkanes) is 2. The van der Waals surface area contributed by atoms with Gasteiger partial charge < -0.3 is 4.90 Å². The first-order valence-corrected chi connectivity index (χ1v) is 12.3. The maximum atomic E-state index is 13.4. The summed E-state index contributed by atoms with van der Waals surface area (Å²) < 4.78 is 40.2. The van der Waals surface area contributed by atoms with Gasteiger partial charge in [-0.15, -0.1) is 10.2 Å². The molecule has 0 spiro atoms. The summed E-state index contributed by atoms with van der Waals surface area (Å²) in [7, 11) is -3.64. The van der Waals surface area contributed by atoms with Crippen LogP contribution in [-0.2, 0) is 16.6 Å². The fraction of sp³-hybridized carbons (Fsp3) is 0.409. The van der Waals surface area contributed by atoms with Gasteiger partial charge in [0.1, 0.15) is 5.82 Å². The smallest absolute Gasteiger partial charge is 0.243 e. The van der Waals surface area contributed by atoms with Crippen molar-refractivity contribution in [2.75, 3.05) is 32.7 Å². The second kappa shape index (κ2) is 10.3. The van der Waals surface area contributed by atoms with Crippen LogP contribution in [0.5, 0.6) is 0 Å². The molecule has 1 aliphatic heterocycles. The van der Waals surface area contributed by atoms with E-state index in [1.807, 2.05) is 30.3 Å². The molecule has 0 bridgehead atoms. The highest BCUT2D eigenvalue weighted by atomic mass is 32.2. The first-order chi connectivity index (χ1) is 15.5. The van der Waals surface area contributed by atoms with Crippen LogP contribution in [0.2, 0.25) is 0 Å². The Morgan fingerprint density at radius 2 is 1.62 bits per heavy atom. The van der Waals surface area contributed by atoms with E-state index in [-0.39, 0.29) is 4.90 Å². The fourth-order valence-electron chi connectivity index (χ4n) is 3.78. The van der Waals surface area contributed by atoms with Crippen molar-refractivity contribution in [2.24, 2.45) is 0 Å². The highest BCUT2D eigenvalue weighted by Gasteiger charge is 2.28. The standard InChI is InChI=1S/C22H27FN6O2S/c23-20-10-7-11-21(18-20)32(30,31)28-16-14-27(15-17-28)12-5-2-6-13-29-25-22(24-26-29)19-8-3-1-4-9-19/h1,3-4,7-11,18H,2,5-6,12-17H2. The maximum Gasteiger partial charge on any atom is 0.243 e. The van der Waals surface area contributed by atoms with Crippen LogP contribution in [0.4, 0.5) is 4.39 Å². The second-order valence-corrected chi connectivity index (χ2v) is 9.78. The molecule has 8 nitrogen and oxygen atoms in total. The van der Waals surface area contributed by atoms with Crippen LogP contribution in [0.15, 0.2) is 59.5 Å². The van der Waals surface area contributed by atoms with Gasteiger partial charge in [0.25, 0.3) is 0 Å². The molecule has 3 aromatic rings. The van der Waals surface area contributed by atoms with Gasteiger partial charge >= 0.3 is 0 Å². The molecular weight excluding hydrogens is 431 g/mol. The lowest BCUT2D eigenvalue weighted by atomic mass is 10.2. The average Bonchev–Trinajstić information content (AvgIpc) is 3.29. The van der Waals surface area contributed by atoms with Gasteiger partial charge in [-0.25, -0.2) is 12.8 Å². The number of nitrogens with zero attached hydrogens (tertiary/aromatic N) is 6. The van der Waals surface area contributed by atoms with Crippen LogP contribution in [0.25, 0.3) is 11.4 Å². The molecule has 10 heteroatoms. The molecule has 0 amide bonds. The third-order valence-electron chi connectivity index (χ3n) is 5.58. The van der Waals surface area contributed by atoms with Gasteiger partial charge in [-0.05, 0) is 42.8 Å². The van der Waals surface area contributed by atoms with Crippen LogP contribution in [0, 0.1) is 5.82 Å². The van der Waals surface area contributed by atoms with Crippen molar-refractivity contribution in [1.29, 1.82) is 0 Å². The number of hydrogen-bond donors (Lipinski definition) is 0. The van der Waals surface area contributed by atoms with E-state index >= 15 is 0 Å². The zero-order valence-corrected chi connectivity index (χ0v) is 18.7. The first kappa shape index (κ1) is 22.5. The Labute approximate surface area is 187 Å². The van der Waals surface area contributed by atoms with Gasteiger partial charge in [0.15, 0.2) is 0 Å². The Kier molecular flexibility index (Phi) is 7.23. The van der Waals surface area contributed by atoms with Gasteiger partial charge in [-0.2, -0.15) is 9.10 Å². The molecule has 1 aromatic heterocycles. The third kappa shape index (κ3) is 5.56. The van der Waals surface area contributed by atoms with Crippen molar-refractivity contribution in [2.45, 2.75) is 30.7 Å². The van der Waals surface area contributed by atoms with Crippen molar-refractivity contribution >= 4 is 10.0 Å². The average molecular weight is 459 g/mol. The third-order valence-corrected chi connectivity index (χ3v) is 7.48. The van der Waals surface area contributed by atoms with E-state index in [0.29, 0.717) is 32.0 Å². The number of rotatable bonds is 9. The number of benzene rings is 2. The Morgan fingerprint density at radius 1 is 0.875 bits per heavy atom. The zero-order valence-electron chi connectivity index (χ0n) is 17.8. The molecule has 1 fully saturated rings. The molecule has 1 aliphatic rings. The minimum absolute atomic E-state index is 0.0168. The number of hydrogen-bond acceptors (Lipinski definition) is 6. The number of piperazine rings is 1. The molecule has 2 aromatic carbocycles. The van der Waals surface area contributed by atoms with Crippen molar-refractivity contribution in [1.82, 2.24) is 29.4 Å². The van der Waals surface area contributed by atoms with E-state index in [1.54, 1.807) is 4.80 Å². The molecule has 0 radical (unpaired) electrons. The topological polar surface area (TPSA) is 84.2 Å². The summed E-state index contributed by atoms with van der Waals surface area (Å²) >= 11 is 0. The summed E-state index contributed by atoms with van der Waals surface area (Å²) in [4.78, 5) is 3.93. The van der Waals surface area contributed by atoms with Gasteiger partial charge in [-0.3, -0.25) is 0 Å². The predicted molar refractivity (Wildman–Crippen MR) is 119 cm³/mol. The summed E-state index contributed by atoms with van der Waals surface area (Å²) in [5.41, 5.74) is 0.956. The summed E-state index contributed by atoms with van der Waals surface area (Å²) in [5.74, 6) is 0.0961. The molecule has 4 rings (SSSR count). The number of tetrazole rings is 1. The van der Waals surface area contributed by atoms with E-state index in [1.165, 1.54) is 22.5 Å². The summed E-state index contributed by atoms with van der Waals surface area (Å²) in [6.45, 7) is 3.85. The lowest BCUT2D eigenvalue weighted by Crippen LogP contribution is -2.48. The van der Waals surface area contributed by atoms with Crippen LogP contribution < -0.4 is 0 Å². The Bertz CT molecular complexity index is 1110. The van der Waals surface area contributed by atoms with Crippen molar-refractivity contribution in [3.8, 4) is 11.4 Å².